The summed E-state index contributed by atoms with van der Waals surface area (Å²) < 4.78 is 6.55. The van der Waals surface area contributed by atoms with Crippen molar-refractivity contribution in [2.24, 2.45) is 0 Å². The van der Waals surface area contributed by atoms with Crippen LogP contribution in [0.15, 0.2) is 85.3 Å². The first-order valence-corrected chi connectivity index (χ1v) is 15.9. The van der Waals surface area contributed by atoms with Crippen LogP contribution in [-0.4, -0.2) is 51.0 Å². The molecule has 1 aliphatic heterocycles. The van der Waals surface area contributed by atoms with Crippen molar-refractivity contribution in [1.82, 2.24) is 20.2 Å². The SMILES string of the molecule is CC(C)(C)c1ccc(C(=O)Nc2ccccc2C(=O)Nc2ccc(Cl)cn2)c(OC2CCN(C(=S)NCc3cccnc3)CC2)c1. The molecule has 1 fully saturated rings. The van der Waals surface area contributed by atoms with Gasteiger partial charge in [0, 0.05) is 51.1 Å². The van der Waals surface area contributed by atoms with Gasteiger partial charge in [-0.1, -0.05) is 56.6 Å². The highest BCUT2D eigenvalue weighted by atomic mass is 35.5. The molecule has 0 bridgehead atoms. The molecule has 238 valence electrons. The quantitative estimate of drug-likeness (QED) is 0.177. The number of nitrogens with zero attached hydrogens (tertiary/aromatic N) is 3. The number of halogens is 1. The maximum Gasteiger partial charge on any atom is 0.259 e. The zero-order valence-corrected chi connectivity index (χ0v) is 27.6. The molecular formula is C35H37ClN6O3S. The van der Waals surface area contributed by atoms with Crippen LogP contribution in [0.2, 0.25) is 5.02 Å². The Morgan fingerprint density at radius 2 is 1.72 bits per heavy atom. The smallest absolute Gasteiger partial charge is 0.259 e. The number of hydrogen-bond donors (Lipinski definition) is 3. The van der Waals surface area contributed by atoms with Crippen LogP contribution in [0.5, 0.6) is 5.75 Å². The van der Waals surface area contributed by atoms with Crippen LogP contribution in [0.1, 0.15) is 65.5 Å². The molecule has 1 aliphatic rings. The molecule has 0 unspecified atom stereocenters. The molecule has 9 nitrogen and oxygen atoms in total. The molecular weight excluding hydrogens is 620 g/mol. The van der Waals surface area contributed by atoms with Gasteiger partial charge in [0.2, 0.25) is 0 Å². The normalized spacial score (nSPS) is 13.5. The van der Waals surface area contributed by atoms with Crippen LogP contribution in [0.4, 0.5) is 11.5 Å². The Kier molecular flexibility index (Phi) is 10.5. The third kappa shape index (κ3) is 8.58. The van der Waals surface area contributed by atoms with Gasteiger partial charge in [0.15, 0.2) is 5.11 Å². The number of rotatable bonds is 8. The van der Waals surface area contributed by atoms with E-state index in [1.54, 1.807) is 48.7 Å². The number of piperidine rings is 1. The summed E-state index contributed by atoms with van der Waals surface area (Å²) >= 11 is 11.6. The first-order chi connectivity index (χ1) is 22.1. The molecule has 3 N–H and O–H groups in total. The molecule has 2 amide bonds. The molecule has 0 atom stereocenters. The molecule has 11 heteroatoms. The second kappa shape index (κ2) is 14.7. The van der Waals surface area contributed by atoms with Gasteiger partial charge in [-0.05, 0) is 71.2 Å². The fraction of sp³-hybridized carbons (Fsp3) is 0.286. The lowest BCUT2D eigenvalue weighted by molar-refractivity contribution is 0.100. The van der Waals surface area contributed by atoms with Gasteiger partial charge in [-0.15, -0.1) is 0 Å². The topological polar surface area (TPSA) is 108 Å². The molecule has 0 aliphatic carbocycles. The first-order valence-electron chi connectivity index (χ1n) is 15.1. The zero-order valence-electron chi connectivity index (χ0n) is 26.0. The fourth-order valence-corrected chi connectivity index (χ4v) is 5.40. The lowest BCUT2D eigenvalue weighted by atomic mass is 9.86. The number of pyridine rings is 2. The van der Waals surface area contributed by atoms with E-state index in [2.05, 4.69) is 51.6 Å². The second-order valence-corrected chi connectivity index (χ2v) is 12.9. The van der Waals surface area contributed by atoms with Crippen molar-refractivity contribution in [1.29, 1.82) is 0 Å². The van der Waals surface area contributed by atoms with E-state index in [1.165, 1.54) is 6.20 Å². The van der Waals surface area contributed by atoms with Crippen LogP contribution < -0.4 is 20.7 Å². The van der Waals surface area contributed by atoms with Crippen molar-refractivity contribution >= 4 is 52.3 Å². The van der Waals surface area contributed by atoms with Crippen LogP contribution >= 0.6 is 23.8 Å². The summed E-state index contributed by atoms with van der Waals surface area (Å²) in [6.45, 7) is 8.44. The molecule has 0 spiro atoms. The Hall–Kier alpha value is -4.54. The molecule has 1 saturated heterocycles. The number of hydrogen-bond acceptors (Lipinski definition) is 6. The summed E-state index contributed by atoms with van der Waals surface area (Å²) in [5, 5.41) is 10.2. The maximum absolute atomic E-state index is 13.8. The number of carbonyl (C=O) groups excluding carboxylic acids is 2. The summed E-state index contributed by atoms with van der Waals surface area (Å²) in [5.41, 5.74) is 3.01. The van der Waals surface area contributed by atoms with Gasteiger partial charge < -0.3 is 25.6 Å². The third-order valence-corrected chi connectivity index (χ3v) is 8.30. The summed E-state index contributed by atoms with van der Waals surface area (Å²) in [7, 11) is 0. The van der Waals surface area contributed by atoms with Crippen molar-refractivity contribution < 1.29 is 14.3 Å². The number of amides is 2. The molecule has 0 saturated carbocycles. The van der Waals surface area contributed by atoms with Gasteiger partial charge >= 0.3 is 0 Å². The van der Waals surface area contributed by atoms with Crippen molar-refractivity contribution in [3.05, 3.63) is 113 Å². The number of nitrogens with one attached hydrogen (secondary N) is 3. The number of anilines is 2. The van der Waals surface area contributed by atoms with Gasteiger partial charge in [-0.3, -0.25) is 14.6 Å². The molecule has 2 aromatic carbocycles. The number of thiocarbonyl (C=S) groups is 1. The van der Waals surface area contributed by atoms with E-state index in [0.29, 0.717) is 45.1 Å². The summed E-state index contributed by atoms with van der Waals surface area (Å²) in [4.78, 5) is 37.3. The van der Waals surface area contributed by atoms with E-state index < -0.39 is 5.91 Å². The summed E-state index contributed by atoms with van der Waals surface area (Å²) in [5.74, 6) is 0.0661. The van der Waals surface area contributed by atoms with E-state index in [9.17, 15) is 9.59 Å². The Morgan fingerprint density at radius 3 is 2.41 bits per heavy atom. The number of likely N-dealkylation sites (tertiary alicyclic amines) is 1. The molecule has 5 rings (SSSR count). The molecule has 0 radical (unpaired) electrons. The average molecular weight is 657 g/mol. The van der Waals surface area contributed by atoms with Gasteiger partial charge in [-0.25, -0.2) is 4.98 Å². The number of aromatic nitrogens is 2. The van der Waals surface area contributed by atoms with Crippen molar-refractivity contribution in [3.8, 4) is 5.75 Å². The highest BCUT2D eigenvalue weighted by Crippen LogP contribution is 2.31. The number of ether oxygens (including phenoxy) is 1. The van der Waals surface area contributed by atoms with Crippen LogP contribution in [0.3, 0.4) is 0 Å². The Morgan fingerprint density at radius 1 is 0.957 bits per heavy atom. The van der Waals surface area contributed by atoms with Crippen LogP contribution in [-0.2, 0) is 12.0 Å². The van der Waals surface area contributed by atoms with Gasteiger partial charge in [0.25, 0.3) is 11.8 Å². The van der Waals surface area contributed by atoms with Gasteiger partial charge in [-0.2, -0.15) is 0 Å². The Bertz CT molecular complexity index is 1690. The minimum Gasteiger partial charge on any atom is -0.489 e. The maximum atomic E-state index is 13.8. The predicted molar refractivity (Wildman–Crippen MR) is 186 cm³/mol. The van der Waals surface area contributed by atoms with Crippen LogP contribution in [0, 0.1) is 0 Å². The second-order valence-electron chi connectivity index (χ2n) is 12.1. The van der Waals surface area contributed by atoms with Gasteiger partial charge in [0.05, 0.1) is 21.8 Å². The Labute approximate surface area is 279 Å². The highest BCUT2D eigenvalue weighted by molar-refractivity contribution is 7.80. The zero-order chi connectivity index (χ0) is 32.7. The van der Waals surface area contributed by atoms with E-state index in [1.807, 2.05) is 30.5 Å². The van der Waals surface area contributed by atoms with E-state index in [4.69, 9.17) is 28.6 Å². The summed E-state index contributed by atoms with van der Waals surface area (Å²) in [6.07, 6.45) is 6.42. The van der Waals surface area contributed by atoms with E-state index >= 15 is 0 Å². The first kappa shape index (κ1) is 32.8. The van der Waals surface area contributed by atoms with E-state index in [-0.39, 0.29) is 17.4 Å². The van der Waals surface area contributed by atoms with Crippen molar-refractivity contribution in [3.63, 3.8) is 0 Å². The largest absolute Gasteiger partial charge is 0.489 e. The number of carbonyl (C=O) groups is 2. The number of para-hydroxylation sites is 1. The van der Waals surface area contributed by atoms with E-state index in [0.717, 1.165) is 37.1 Å². The standard InChI is InChI=1S/C35H37ClN6O3S/c1-35(2,3)24-10-12-28(33(44)40-29-9-5-4-8-27(29)32(43)41-31-13-11-25(36)22-38-31)30(19-24)45-26-14-17-42(18-15-26)34(46)39-21-23-7-6-16-37-20-23/h4-13,16,19-20,22,26H,14-15,17-18,21H2,1-3H3,(H,39,46)(H,40,44)(H,38,41,43). The summed E-state index contributed by atoms with van der Waals surface area (Å²) in [6, 6.07) is 19.7. The van der Waals surface area contributed by atoms with Gasteiger partial charge in [0.1, 0.15) is 17.7 Å². The lowest BCUT2D eigenvalue weighted by Crippen LogP contribution is -2.46. The average Bonchev–Trinajstić information content (AvgIpc) is 3.05. The monoisotopic (exact) mass is 656 g/mol. The lowest BCUT2D eigenvalue weighted by Gasteiger charge is -2.34. The Balaban J connectivity index is 1.27. The molecule has 2 aromatic heterocycles. The highest BCUT2D eigenvalue weighted by Gasteiger charge is 2.26. The van der Waals surface area contributed by atoms with Crippen LogP contribution in [0.25, 0.3) is 0 Å². The third-order valence-electron chi connectivity index (χ3n) is 7.67. The molecule has 4 aromatic rings. The predicted octanol–water partition coefficient (Wildman–Crippen LogP) is 6.85. The molecule has 46 heavy (non-hydrogen) atoms. The fourth-order valence-electron chi connectivity index (χ4n) is 5.04. The molecule has 3 heterocycles. The van der Waals surface area contributed by atoms with Crippen molar-refractivity contribution in [2.45, 2.75) is 51.7 Å². The number of benzene rings is 2. The minimum atomic E-state index is -0.412. The minimum absolute atomic E-state index is 0.0934. The van der Waals surface area contributed by atoms with Crippen molar-refractivity contribution in [2.75, 3.05) is 23.7 Å².